The molecule has 1 saturated heterocycles. The molecule has 3 N–H and O–H groups in total. The van der Waals surface area contributed by atoms with Crippen LogP contribution >= 0.6 is 0 Å². The molecular formula is C54H53F2NO15. The van der Waals surface area contributed by atoms with Gasteiger partial charge in [-0.2, -0.15) is 0 Å². The summed E-state index contributed by atoms with van der Waals surface area (Å²) < 4.78 is 65.7. The first-order chi connectivity index (χ1) is 34.0. The molecule has 72 heavy (non-hydrogen) atoms. The van der Waals surface area contributed by atoms with E-state index in [0.717, 1.165) is 26.0 Å². The number of ether oxygens (including phenoxy) is 6. The zero-order valence-corrected chi connectivity index (χ0v) is 40.1. The van der Waals surface area contributed by atoms with Crippen molar-refractivity contribution < 1.29 is 81.0 Å². The molecule has 378 valence electrons. The lowest BCUT2D eigenvalue weighted by Gasteiger charge is -2.67. The predicted octanol–water partition coefficient (Wildman–Crippen LogP) is 5.88. The average Bonchev–Trinajstić information content (AvgIpc) is 3.33. The molecule has 1 amide bonds. The smallest absolute Gasteiger partial charge is 0.350 e. The van der Waals surface area contributed by atoms with E-state index < -0.39 is 136 Å². The fraction of sp³-hybridized carbons (Fsp3) is 0.389. The third kappa shape index (κ3) is 8.85. The highest BCUT2D eigenvalue weighted by Crippen LogP contribution is 2.64. The van der Waals surface area contributed by atoms with Gasteiger partial charge in [0, 0.05) is 43.7 Å². The largest absolute Gasteiger partial charge is 0.455 e. The standard InChI is InChI=1S/C54H53F2NO15/c1-28-37(69-50(65)43(70-49(64)35-23-22-34(55)24-36(35)56)41(31-16-10-7-11-17-31)57-47(62)32-18-12-8-13-19-32)26-54(66)46(71-48(63)33-20-14-9-15-21-33)44-52(6,38(60)25-39-53(44,27-67-39)72-30(3)59)45(61)42(68-29(2)58)40(28)51(54,4)5/h7-24,37-39,41-44,46,60,66H,25-27H2,1-6H3,(H,57,62)/t37-,38-,39+,41-,42+,43+,44?,46?,52+,53-,54+/m0/s1. The Kier molecular flexibility index (Phi) is 13.8. The monoisotopic (exact) mass is 993 g/mol. The fourth-order valence-electron chi connectivity index (χ4n) is 11.1. The number of fused-ring (bicyclic) bond motifs is 5. The van der Waals surface area contributed by atoms with Crippen molar-refractivity contribution in [2.45, 2.75) is 108 Å². The van der Waals surface area contributed by atoms with Gasteiger partial charge in [0.1, 0.15) is 41.6 Å². The Morgan fingerprint density at radius 2 is 1.40 bits per heavy atom. The lowest BCUT2D eigenvalue weighted by molar-refractivity contribution is -0.346. The minimum absolute atomic E-state index is 0.00331. The molecule has 16 nitrogen and oxygen atoms in total. The summed E-state index contributed by atoms with van der Waals surface area (Å²) in [5.41, 5.74) is -8.90. The number of Topliss-reactive ketones (excluding diaryl/α,β-unsaturated/α-hetero) is 1. The Bertz CT molecular complexity index is 2840. The van der Waals surface area contributed by atoms with E-state index in [9.17, 15) is 38.6 Å². The van der Waals surface area contributed by atoms with Gasteiger partial charge in [-0.25, -0.2) is 23.2 Å². The van der Waals surface area contributed by atoms with Crippen LogP contribution in [-0.2, 0) is 47.6 Å². The second-order valence-electron chi connectivity index (χ2n) is 19.4. The van der Waals surface area contributed by atoms with E-state index in [0.29, 0.717) is 6.07 Å². The van der Waals surface area contributed by atoms with Gasteiger partial charge in [0.25, 0.3) is 5.91 Å². The summed E-state index contributed by atoms with van der Waals surface area (Å²) in [6.07, 6.45) is -11.5. The average molecular weight is 994 g/mol. The Hall–Kier alpha value is -7.15. The van der Waals surface area contributed by atoms with Crippen molar-refractivity contribution in [3.05, 3.63) is 154 Å². The second kappa shape index (κ2) is 19.5. The van der Waals surface area contributed by atoms with Gasteiger partial charge in [0.2, 0.25) is 6.10 Å². The summed E-state index contributed by atoms with van der Waals surface area (Å²) in [5, 5.41) is 28.8. The number of aliphatic hydroxyl groups is 2. The molecule has 2 saturated carbocycles. The Labute approximate surface area is 412 Å². The number of carbonyl (C=O) groups is 7. The van der Waals surface area contributed by atoms with Crippen LogP contribution in [0.3, 0.4) is 0 Å². The lowest BCUT2D eigenvalue weighted by atomic mass is 9.44. The van der Waals surface area contributed by atoms with E-state index >= 15 is 14.0 Å². The molecule has 0 aromatic heterocycles. The van der Waals surface area contributed by atoms with Crippen molar-refractivity contribution in [1.29, 1.82) is 0 Å². The Morgan fingerprint density at radius 3 is 1.97 bits per heavy atom. The molecule has 4 aliphatic rings. The molecule has 1 aliphatic heterocycles. The van der Waals surface area contributed by atoms with Crippen LogP contribution in [0.5, 0.6) is 0 Å². The number of nitrogens with one attached hydrogen (secondary N) is 1. The summed E-state index contributed by atoms with van der Waals surface area (Å²) in [6.45, 7) is 7.56. The zero-order chi connectivity index (χ0) is 52.1. The SMILES string of the molecule is CC(=O)O[C@H]1C(=O)[C@@]2(C)C(C(OC(=O)c3ccccc3)[C@]3(O)C[C@H](OC(=O)[C@H](OC(=O)c4ccc(F)cc4F)[C@@H](NC(=O)c4ccccc4)c4ccccc4)C(C)=C1C3(C)C)[C@]1(OC(C)=O)CO[C@@H]1C[C@@H]2O. The summed E-state index contributed by atoms with van der Waals surface area (Å²) >= 11 is 0. The van der Waals surface area contributed by atoms with E-state index in [-0.39, 0.29) is 40.9 Å². The zero-order valence-electron chi connectivity index (χ0n) is 40.1. The van der Waals surface area contributed by atoms with E-state index in [2.05, 4.69) is 5.32 Å². The van der Waals surface area contributed by atoms with E-state index in [1.807, 2.05) is 0 Å². The number of amides is 1. The van der Waals surface area contributed by atoms with Crippen molar-refractivity contribution in [2.24, 2.45) is 16.7 Å². The maximum absolute atomic E-state index is 15.7. The number of ketones is 1. The highest BCUT2D eigenvalue weighted by molar-refractivity contribution is 5.97. The van der Waals surface area contributed by atoms with Crippen LogP contribution < -0.4 is 5.32 Å². The van der Waals surface area contributed by atoms with Crippen molar-refractivity contribution in [2.75, 3.05) is 6.61 Å². The fourth-order valence-corrected chi connectivity index (χ4v) is 11.1. The molecule has 18 heteroatoms. The second-order valence-corrected chi connectivity index (χ2v) is 19.4. The molecule has 4 aromatic carbocycles. The van der Waals surface area contributed by atoms with Crippen LogP contribution in [0.25, 0.3) is 0 Å². The van der Waals surface area contributed by atoms with Crippen LogP contribution in [0.1, 0.15) is 97.1 Å². The van der Waals surface area contributed by atoms with Gasteiger partial charge in [-0.15, -0.1) is 0 Å². The van der Waals surface area contributed by atoms with Crippen molar-refractivity contribution in [3.8, 4) is 0 Å². The van der Waals surface area contributed by atoms with Gasteiger partial charge in [0.05, 0.1) is 35.2 Å². The molecule has 0 radical (unpaired) electrons. The minimum Gasteiger partial charge on any atom is -0.455 e. The molecular weight excluding hydrogens is 941 g/mol. The van der Waals surface area contributed by atoms with Crippen molar-refractivity contribution >= 4 is 41.5 Å². The number of halogens is 2. The highest BCUT2D eigenvalue weighted by atomic mass is 19.1. The number of aliphatic hydroxyl groups excluding tert-OH is 1. The van der Waals surface area contributed by atoms with Gasteiger partial charge in [0.15, 0.2) is 17.5 Å². The lowest BCUT2D eigenvalue weighted by Crippen LogP contribution is -2.82. The first kappa shape index (κ1) is 51.2. The first-order valence-electron chi connectivity index (χ1n) is 23.2. The summed E-state index contributed by atoms with van der Waals surface area (Å²) in [4.78, 5) is 99.6. The van der Waals surface area contributed by atoms with Crippen LogP contribution in [0.15, 0.2) is 120 Å². The molecule has 4 aromatic rings. The van der Waals surface area contributed by atoms with Gasteiger partial charge >= 0.3 is 29.8 Å². The number of benzene rings is 4. The van der Waals surface area contributed by atoms with E-state index in [4.69, 9.17) is 28.4 Å². The van der Waals surface area contributed by atoms with Gasteiger partial charge < -0.3 is 44.0 Å². The quantitative estimate of drug-likeness (QED) is 0.0856. The molecule has 0 spiro atoms. The summed E-state index contributed by atoms with van der Waals surface area (Å²) in [7, 11) is 0. The molecule has 8 rings (SSSR count). The summed E-state index contributed by atoms with van der Waals surface area (Å²) in [5.74, 6) is -11.4. The van der Waals surface area contributed by atoms with Crippen LogP contribution in [0, 0.1) is 28.4 Å². The molecule has 11 atom stereocenters. The topological polar surface area (TPSA) is 227 Å². The van der Waals surface area contributed by atoms with Crippen LogP contribution in [0.4, 0.5) is 8.78 Å². The number of hydrogen-bond donors (Lipinski definition) is 3. The maximum Gasteiger partial charge on any atom is 0.350 e. The molecule has 2 bridgehead atoms. The first-order valence-corrected chi connectivity index (χ1v) is 23.2. The number of hydrogen-bond acceptors (Lipinski definition) is 15. The predicted molar refractivity (Wildman–Crippen MR) is 247 cm³/mol. The third-order valence-electron chi connectivity index (χ3n) is 14.8. The number of esters is 5. The number of rotatable bonds is 12. The van der Waals surface area contributed by atoms with Crippen LogP contribution in [-0.4, -0.2) is 106 Å². The van der Waals surface area contributed by atoms with Crippen molar-refractivity contribution in [3.63, 3.8) is 0 Å². The van der Waals surface area contributed by atoms with Gasteiger partial charge in [-0.3, -0.25) is 19.2 Å². The van der Waals surface area contributed by atoms with Gasteiger partial charge in [-0.05, 0) is 67.0 Å². The molecule has 1 heterocycles. The Morgan fingerprint density at radius 1 is 0.792 bits per heavy atom. The minimum atomic E-state index is -2.55. The Balaban J connectivity index is 1.32. The molecule has 2 unspecified atom stereocenters. The highest BCUT2D eigenvalue weighted by Gasteiger charge is 2.78. The van der Waals surface area contributed by atoms with Gasteiger partial charge in [-0.1, -0.05) is 80.6 Å². The molecule has 3 fully saturated rings. The third-order valence-corrected chi connectivity index (χ3v) is 14.8. The van der Waals surface area contributed by atoms with E-state index in [1.165, 1.54) is 64.1 Å². The summed E-state index contributed by atoms with van der Waals surface area (Å²) in [6, 6.07) is 23.7. The van der Waals surface area contributed by atoms with Crippen LogP contribution in [0.2, 0.25) is 0 Å². The normalized spacial score (nSPS) is 28.9. The molecule has 3 aliphatic carbocycles. The maximum atomic E-state index is 15.7. The number of carbonyl (C=O) groups excluding carboxylic acids is 7. The van der Waals surface area contributed by atoms with E-state index in [1.54, 1.807) is 54.6 Å². The van der Waals surface area contributed by atoms with Crippen molar-refractivity contribution in [1.82, 2.24) is 5.32 Å².